The molecule has 3 aromatic rings. The van der Waals surface area contributed by atoms with Crippen molar-refractivity contribution in [2.24, 2.45) is 7.05 Å². The van der Waals surface area contributed by atoms with Crippen molar-refractivity contribution < 1.29 is 9.53 Å². The Morgan fingerprint density at radius 2 is 2.23 bits per heavy atom. The number of aromatic nitrogens is 5. The molecule has 1 amide bonds. The average molecular weight is 370 g/mol. The molecule has 4 rings (SSSR count). The number of rotatable bonds is 5. The van der Waals surface area contributed by atoms with Crippen LogP contribution in [-0.4, -0.2) is 50.9 Å². The van der Waals surface area contributed by atoms with E-state index in [0.717, 1.165) is 24.1 Å². The largest absolute Gasteiger partial charge is 0.383 e. The third-order valence-corrected chi connectivity index (χ3v) is 5.51. The first-order valence-electron chi connectivity index (χ1n) is 8.26. The summed E-state index contributed by atoms with van der Waals surface area (Å²) in [6.45, 7) is 0.812. The van der Waals surface area contributed by atoms with Crippen molar-refractivity contribution in [2.45, 2.75) is 12.8 Å². The van der Waals surface area contributed by atoms with Crippen molar-refractivity contribution in [1.82, 2.24) is 24.7 Å². The maximum Gasteiger partial charge on any atom is 0.280 e. The van der Waals surface area contributed by atoms with E-state index >= 15 is 0 Å². The lowest BCUT2D eigenvalue weighted by Gasteiger charge is -2.18. The van der Waals surface area contributed by atoms with Crippen molar-refractivity contribution >= 4 is 22.4 Å². The van der Waals surface area contributed by atoms with E-state index in [1.165, 1.54) is 23.0 Å². The zero-order valence-electron chi connectivity index (χ0n) is 14.5. The Morgan fingerprint density at radius 1 is 1.35 bits per heavy atom. The topological polar surface area (TPSA) is 86.0 Å². The Kier molecular flexibility index (Phi) is 4.48. The van der Waals surface area contributed by atoms with E-state index in [1.54, 1.807) is 29.5 Å². The second-order valence-electron chi connectivity index (χ2n) is 5.94. The number of ether oxygens (including phenoxy) is 1. The summed E-state index contributed by atoms with van der Waals surface area (Å²) < 4.78 is 7.07. The summed E-state index contributed by atoms with van der Waals surface area (Å²) in [6, 6.07) is 0. The number of carbonyl (C=O) groups is 1. The van der Waals surface area contributed by atoms with Crippen LogP contribution in [0.5, 0.6) is 0 Å². The third-order valence-electron chi connectivity index (χ3n) is 4.37. The summed E-state index contributed by atoms with van der Waals surface area (Å²) in [4.78, 5) is 28.6. The van der Waals surface area contributed by atoms with E-state index in [9.17, 15) is 4.79 Å². The van der Waals surface area contributed by atoms with Crippen molar-refractivity contribution in [3.63, 3.8) is 0 Å². The van der Waals surface area contributed by atoms with Gasteiger partial charge in [-0.3, -0.25) is 19.4 Å². The third kappa shape index (κ3) is 2.89. The standard InChI is InChI=1S/C17H18N6O2S/c1-22-13-3-4-14-15(11(13)9-20-22)21-17(26-14)23(7-8-25-2)16(24)12-10-18-5-6-19-12/h5-6,9-10H,3-4,7-8H2,1-2H3. The summed E-state index contributed by atoms with van der Waals surface area (Å²) >= 11 is 1.54. The minimum atomic E-state index is -0.229. The maximum atomic E-state index is 12.9. The molecule has 0 aromatic carbocycles. The number of hydrogen-bond acceptors (Lipinski definition) is 7. The molecule has 0 saturated heterocycles. The molecule has 0 aliphatic heterocycles. The molecule has 8 nitrogen and oxygen atoms in total. The molecule has 1 aliphatic carbocycles. The summed E-state index contributed by atoms with van der Waals surface area (Å²) in [5.74, 6) is -0.229. The van der Waals surface area contributed by atoms with E-state index < -0.39 is 0 Å². The molecule has 0 saturated carbocycles. The van der Waals surface area contributed by atoms with Gasteiger partial charge in [-0.05, 0) is 12.8 Å². The molecule has 0 atom stereocenters. The number of anilines is 1. The van der Waals surface area contributed by atoms with E-state index in [1.807, 2.05) is 17.9 Å². The quantitative estimate of drug-likeness (QED) is 0.680. The highest BCUT2D eigenvalue weighted by Crippen LogP contribution is 2.39. The highest BCUT2D eigenvalue weighted by molar-refractivity contribution is 7.16. The van der Waals surface area contributed by atoms with Crippen LogP contribution in [0.25, 0.3) is 11.3 Å². The van der Waals surface area contributed by atoms with Crippen LogP contribution in [0.15, 0.2) is 24.8 Å². The zero-order chi connectivity index (χ0) is 18.1. The monoisotopic (exact) mass is 370 g/mol. The predicted octanol–water partition coefficient (Wildman–Crippen LogP) is 1.73. The van der Waals surface area contributed by atoms with Crippen LogP contribution in [0.1, 0.15) is 21.1 Å². The molecule has 0 bridgehead atoms. The first-order valence-corrected chi connectivity index (χ1v) is 9.08. The molecule has 134 valence electrons. The fourth-order valence-electron chi connectivity index (χ4n) is 3.04. The van der Waals surface area contributed by atoms with Gasteiger partial charge in [-0.25, -0.2) is 9.97 Å². The summed E-state index contributed by atoms with van der Waals surface area (Å²) in [5.41, 5.74) is 3.44. The van der Waals surface area contributed by atoms with Gasteiger partial charge in [-0.2, -0.15) is 5.10 Å². The minimum absolute atomic E-state index is 0.229. The van der Waals surface area contributed by atoms with Crippen LogP contribution in [0.4, 0.5) is 5.13 Å². The fraction of sp³-hybridized carbons (Fsp3) is 0.353. The van der Waals surface area contributed by atoms with Crippen LogP contribution < -0.4 is 4.90 Å². The lowest BCUT2D eigenvalue weighted by Crippen LogP contribution is -2.34. The van der Waals surface area contributed by atoms with Crippen molar-refractivity contribution in [2.75, 3.05) is 25.2 Å². The molecular formula is C17H18N6O2S. The van der Waals surface area contributed by atoms with Gasteiger partial charge in [0.05, 0.1) is 31.2 Å². The minimum Gasteiger partial charge on any atom is -0.383 e. The highest BCUT2D eigenvalue weighted by atomic mass is 32.1. The molecule has 0 radical (unpaired) electrons. The molecule has 0 N–H and O–H groups in total. The Bertz CT molecular complexity index is 936. The lowest BCUT2D eigenvalue weighted by molar-refractivity contribution is 0.0970. The molecule has 0 spiro atoms. The van der Waals surface area contributed by atoms with Gasteiger partial charge in [-0.15, -0.1) is 11.3 Å². The van der Waals surface area contributed by atoms with Gasteiger partial charge < -0.3 is 4.74 Å². The van der Waals surface area contributed by atoms with E-state index in [-0.39, 0.29) is 5.91 Å². The number of methoxy groups -OCH3 is 1. The van der Waals surface area contributed by atoms with Gasteiger partial charge in [0.2, 0.25) is 0 Å². The van der Waals surface area contributed by atoms with Gasteiger partial charge >= 0.3 is 0 Å². The fourth-order valence-corrected chi connectivity index (χ4v) is 4.14. The number of carbonyl (C=O) groups excluding carboxylic acids is 1. The first-order chi connectivity index (χ1) is 12.7. The average Bonchev–Trinajstić information content (AvgIpc) is 3.26. The molecule has 9 heteroatoms. The number of fused-ring (bicyclic) bond motifs is 3. The molecular weight excluding hydrogens is 352 g/mol. The lowest BCUT2D eigenvalue weighted by atomic mass is 10.0. The Balaban J connectivity index is 1.72. The zero-order valence-corrected chi connectivity index (χ0v) is 15.4. The molecule has 3 aromatic heterocycles. The number of nitrogens with zero attached hydrogens (tertiary/aromatic N) is 6. The Hall–Kier alpha value is -2.65. The Morgan fingerprint density at radius 3 is 3.00 bits per heavy atom. The first kappa shape index (κ1) is 16.8. The van der Waals surface area contributed by atoms with Gasteiger partial charge in [-0.1, -0.05) is 0 Å². The van der Waals surface area contributed by atoms with Crippen LogP contribution in [0, 0.1) is 0 Å². The number of amides is 1. The molecule has 0 fully saturated rings. The van der Waals surface area contributed by atoms with E-state index in [0.29, 0.717) is 24.0 Å². The summed E-state index contributed by atoms with van der Waals surface area (Å²) in [6.07, 6.45) is 8.20. The molecule has 26 heavy (non-hydrogen) atoms. The van der Waals surface area contributed by atoms with Gasteiger partial charge in [0.15, 0.2) is 5.13 Å². The number of aryl methyl sites for hydroxylation is 2. The van der Waals surface area contributed by atoms with Crippen molar-refractivity contribution in [3.8, 4) is 11.3 Å². The molecule has 0 unspecified atom stereocenters. The SMILES string of the molecule is COCCN(C(=O)c1cnccn1)c1nc2c(s1)CCc1c-2cnn1C. The smallest absolute Gasteiger partial charge is 0.280 e. The van der Waals surface area contributed by atoms with Crippen molar-refractivity contribution in [1.29, 1.82) is 0 Å². The van der Waals surface area contributed by atoms with Crippen LogP contribution in [0.2, 0.25) is 0 Å². The van der Waals surface area contributed by atoms with Crippen LogP contribution in [0.3, 0.4) is 0 Å². The molecule has 1 aliphatic rings. The second-order valence-corrected chi connectivity index (χ2v) is 7.00. The number of hydrogen-bond donors (Lipinski definition) is 0. The highest BCUT2D eigenvalue weighted by Gasteiger charge is 2.28. The summed E-state index contributed by atoms with van der Waals surface area (Å²) in [7, 11) is 3.55. The van der Waals surface area contributed by atoms with Gasteiger partial charge in [0, 0.05) is 42.7 Å². The van der Waals surface area contributed by atoms with Crippen LogP contribution >= 0.6 is 11.3 Å². The second kappa shape index (κ2) is 6.93. The summed E-state index contributed by atoms with van der Waals surface area (Å²) in [5, 5.41) is 5.00. The predicted molar refractivity (Wildman–Crippen MR) is 97.3 cm³/mol. The number of thiazole rings is 1. The van der Waals surface area contributed by atoms with E-state index in [4.69, 9.17) is 9.72 Å². The molecule has 3 heterocycles. The van der Waals surface area contributed by atoms with Crippen molar-refractivity contribution in [3.05, 3.63) is 41.1 Å². The van der Waals surface area contributed by atoms with Crippen LogP contribution in [-0.2, 0) is 24.6 Å². The van der Waals surface area contributed by atoms with E-state index in [2.05, 4.69) is 15.1 Å². The Labute approximate surface area is 154 Å². The normalized spacial score (nSPS) is 12.5. The van der Waals surface area contributed by atoms with Gasteiger partial charge in [0.25, 0.3) is 5.91 Å². The van der Waals surface area contributed by atoms with Gasteiger partial charge in [0.1, 0.15) is 5.69 Å². The maximum absolute atomic E-state index is 12.9.